The number of hydrogen-bond donors (Lipinski definition) is 2. The van der Waals surface area contributed by atoms with E-state index in [1.165, 1.54) is 0 Å². The Hall–Kier alpha value is -1.35. The smallest absolute Gasteiger partial charge is 0.251 e. The molecular weight excluding hydrogens is 212 g/mol. The Bertz CT molecular complexity index is 426. The predicted molar refractivity (Wildman–Crippen MR) is 68.9 cm³/mol. The molecule has 1 saturated carbocycles. The summed E-state index contributed by atoms with van der Waals surface area (Å²) in [5.41, 5.74) is 7.61. The van der Waals surface area contributed by atoms with Crippen LogP contribution in [0.4, 0.5) is 0 Å². The SMILES string of the molecule is CC1(C)CC1NC(=O)c1ccccc1CCN. The first-order chi connectivity index (χ1) is 8.04. The molecule has 0 spiro atoms. The van der Waals surface area contributed by atoms with E-state index in [0.717, 1.165) is 24.0 Å². The second-order valence-corrected chi connectivity index (χ2v) is 5.41. The van der Waals surface area contributed by atoms with E-state index in [1.54, 1.807) is 0 Å². The lowest BCUT2D eigenvalue weighted by Gasteiger charge is -2.10. The van der Waals surface area contributed by atoms with Crippen molar-refractivity contribution < 1.29 is 4.79 Å². The summed E-state index contributed by atoms with van der Waals surface area (Å²) in [5, 5.41) is 3.08. The summed E-state index contributed by atoms with van der Waals surface area (Å²) in [6.07, 6.45) is 1.81. The Balaban J connectivity index is 2.08. The quantitative estimate of drug-likeness (QED) is 0.830. The van der Waals surface area contributed by atoms with Gasteiger partial charge >= 0.3 is 0 Å². The van der Waals surface area contributed by atoms with Gasteiger partial charge in [0.25, 0.3) is 5.91 Å². The Morgan fingerprint density at radius 3 is 2.71 bits per heavy atom. The van der Waals surface area contributed by atoms with Gasteiger partial charge in [0.15, 0.2) is 0 Å². The van der Waals surface area contributed by atoms with Crippen molar-refractivity contribution in [2.45, 2.75) is 32.7 Å². The van der Waals surface area contributed by atoms with E-state index in [9.17, 15) is 4.79 Å². The zero-order valence-electron chi connectivity index (χ0n) is 10.5. The van der Waals surface area contributed by atoms with E-state index in [0.29, 0.717) is 12.6 Å². The molecule has 3 N–H and O–H groups in total. The van der Waals surface area contributed by atoms with E-state index < -0.39 is 0 Å². The number of amides is 1. The highest BCUT2D eigenvalue weighted by atomic mass is 16.1. The normalized spacial score (nSPS) is 21.0. The third kappa shape index (κ3) is 2.67. The molecule has 0 heterocycles. The molecule has 1 aliphatic carbocycles. The molecular formula is C14H20N2O. The monoisotopic (exact) mass is 232 g/mol. The van der Waals surface area contributed by atoms with Crippen molar-refractivity contribution in [2.24, 2.45) is 11.1 Å². The fourth-order valence-corrected chi connectivity index (χ4v) is 2.06. The molecule has 0 aromatic heterocycles. The van der Waals surface area contributed by atoms with Gasteiger partial charge in [-0.05, 0) is 36.4 Å². The number of nitrogens with one attached hydrogen (secondary N) is 1. The number of carbonyl (C=O) groups is 1. The van der Waals surface area contributed by atoms with Gasteiger partial charge in [-0.15, -0.1) is 0 Å². The molecule has 2 rings (SSSR count). The van der Waals surface area contributed by atoms with Crippen molar-refractivity contribution in [1.82, 2.24) is 5.32 Å². The first kappa shape index (κ1) is 12.1. The van der Waals surface area contributed by atoms with Crippen molar-refractivity contribution in [1.29, 1.82) is 0 Å². The van der Waals surface area contributed by atoms with E-state index in [2.05, 4.69) is 19.2 Å². The van der Waals surface area contributed by atoms with Gasteiger partial charge in [0.05, 0.1) is 0 Å². The molecule has 3 heteroatoms. The summed E-state index contributed by atoms with van der Waals surface area (Å²) < 4.78 is 0. The third-order valence-corrected chi connectivity index (χ3v) is 3.49. The maximum absolute atomic E-state index is 12.1. The molecule has 1 unspecified atom stereocenters. The van der Waals surface area contributed by atoms with Crippen LogP contribution in [-0.4, -0.2) is 18.5 Å². The minimum Gasteiger partial charge on any atom is -0.349 e. The highest BCUT2D eigenvalue weighted by Gasteiger charge is 2.46. The first-order valence-corrected chi connectivity index (χ1v) is 6.13. The topological polar surface area (TPSA) is 55.1 Å². The third-order valence-electron chi connectivity index (χ3n) is 3.49. The molecule has 1 aliphatic rings. The molecule has 0 radical (unpaired) electrons. The van der Waals surface area contributed by atoms with Crippen molar-refractivity contribution in [3.05, 3.63) is 35.4 Å². The van der Waals surface area contributed by atoms with E-state index in [-0.39, 0.29) is 11.3 Å². The first-order valence-electron chi connectivity index (χ1n) is 6.13. The minimum atomic E-state index is 0.0321. The van der Waals surface area contributed by atoms with Gasteiger partial charge in [0, 0.05) is 11.6 Å². The van der Waals surface area contributed by atoms with Crippen LogP contribution in [-0.2, 0) is 6.42 Å². The van der Waals surface area contributed by atoms with Gasteiger partial charge in [0.2, 0.25) is 0 Å². The second kappa shape index (κ2) is 4.49. The van der Waals surface area contributed by atoms with E-state index in [1.807, 2.05) is 24.3 Å². The van der Waals surface area contributed by atoms with Crippen molar-refractivity contribution in [2.75, 3.05) is 6.54 Å². The highest BCUT2D eigenvalue weighted by molar-refractivity contribution is 5.96. The van der Waals surface area contributed by atoms with Crippen LogP contribution in [0.1, 0.15) is 36.2 Å². The van der Waals surface area contributed by atoms with Crippen LogP contribution < -0.4 is 11.1 Å². The van der Waals surface area contributed by atoms with E-state index >= 15 is 0 Å². The van der Waals surface area contributed by atoms with Crippen LogP contribution in [0.25, 0.3) is 0 Å². The molecule has 1 amide bonds. The summed E-state index contributed by atoms with van der Waals surface area (Å²) in [7, 11) is 0. The summed E-state index contributed by atoms with van der Waals surface area (Å²) in [4.78, 5) is 12.1. The summed E-state index contributed by atoms with van der Waals surface area (Å²) in [6, 6.07) is 8.01. The Labute approximate surface area is 102 Å². The zero-order chi connectivity index (χ0) is 12.5. The standard InChI is InChI=1S/C14H20N2O/c1-14(2)9-12(14)16-13(17)11-6-4-3-5-10(11)7-8-15/h3-6,12H,7-9,15H2,1-2H3,(H,16,17). The molecule has 0 aliphatic heterocycles. The second-order valence-electron chi connectivity index (χ2n) is 5.41. The Morgan fingerprint density at radius 2 is 2.12 bits per heavy atom. The van der Waals surface area contributed by atoms with Crippen LogP contribution in [0.15, 0.2) is 24.3 Å². The molecule has 17 heavy (non-hydrogen) atoms. The molecule has 1 atom stereocenters. The number of carbonyl (C=O) groups excluding carboxylic acids is 1. The lowest BCUT2D eigenvalue weighted by Crippen LogP contribution is -2.29. The summed E-state index contributed by atoms with van der Waals surface area (Å²) in [6.45, 7) is 4.91. The van der Waals surface area contributed by atoms with Crippen LogP contribution in [0.2, 0.25) is 0 Å². The number of nitrogens with two attached hydrogens (primary N) is 1. The molecule has 1 fully saturated rings. The Kier molecular flexibility index (Phi) is 3.20. The molecule has 92 valence electrons. The lowest BCUT2D eigenvalue weighted by atomic mass is 10.0. The fraction of sp³-hybridized carbons (Fsp3) is 0.500. The predicted octanol–water partition coefficient (Wildman–Crippen LogP) is 1.72. The number of hydrogen-bond acceptors (Lipinski definition) is 2. The molecule has 1 aromatic carbocycles. The summed E-state index contributed by atoms with van der Waals surface area (Å²) >= 11 is 0. The molecule has 3 nitrogen and oxygen atoms in total. The van der Waals surface area contributed by atoms with Crippen molar-refractivity contribution in [3.63, 3.8) is 0 Å². The van der Waals surface area contributed by atoms with Crippen LogP contribution in [0.5, 0.6) is 0 Å². The maximum atomic E-state index is 12.1. The van der Waals surface area contributed by atoms with Crippen molar-refractivity contribution in [3.8, 4) is 0 Å². The summed E-state index contributed by atoms with van der Waals surface area (Å²) in [5.74, 6) is 0.0321. The van der Waals surface area contributed by atoms with E-state index in [4.69, 9.17) is 5.73 Å². The van der Waals surface area contributed by atoms with Crippen LogP contribution in [0.3, 0.4) is 0 Å². The average Bonchev–Trinajstić information content (AvgIpc) is 2.87. The fourth-order valence-electron chi connectivity index (χ4n) is 2.06. The maximum Gasteiger partial charge on any atom is 0.251 e. The molecule has 0 saturated heterocycles. The Morgan fingerprint density at radius 1 is 1.47 bits per heavy atom. The van der Waals surface area contributed by atoms with Gasteiger partial charge in [0.1, 0.15) is 0 Å². The largest absolute Gasteiger partial charge is 0.349 e. The molecule has 0 bridgehead atoms. The average molecular weight is 232 g/mol. The highest BCUT2D eigenvalue weighted by Crippen LogP contribution is 2.44. The van der Waals surface area contributed by atoms with Crippen LogP contribution in [0, 0.1) is 5.41 Å². The number of benzene rings is 1. The van der Waals surface area contributed by atoms with Crippen molar-refractivity contribution >= 4 is 5.91 Å². The zero-order valence-corrected chi connectivity index (χ0v) is 10.5. The van der Waals surface area contributed by atoms with Gasteiger partial charge in [-0.2, -0.15) is 0 Å². The lowest BCUT2D eigenvalue weighted by molar-refractivity contribution is 0.0945. The minimum absolute atomic E-state index is 0.0321. The van der Waals surface area contributed by atoms with Gasteiger partial charge in [-0.25, -0.2) is 0 Å². The van der Waals surface area contributed by atoms with Gasteiger partial charge in [-0.3, -0.25) is 4.79 Å². The van der Waals surface area contributed by atoms with Gasteiger partial charge < -0.3 is 11.1 Å². The van der Waals surface area contributed by atoms with Gasteiger partial charge in [-0.1, -0.05) is 32.0 Å². The molecule has 1 aromatic rings. The van der Waals surface area contributed by atoms with Crippen LogP contribution >= 0.6 is 0 Å². The number of rotatable bonds is 4.